The van der Waals surface area contributed by atoms with E-state index in [1.807, 2.05) is 28.1 Å². The molecule has 9 nitrogen and oxygen atoms in total. The van der Waals surface area contributed by atoms with Crippen LogP contribution in [0.2, 0.25) is 0 Å². The molecule has 0 N–H and O–H groups in total. The highest BCUT2D eigenvalue weighted by atomic mass is 31.2. The first-order valence-corrected chi connectivity index (χ1v) is 21.4. The highest BCUT2D eigenvalue weighted by Gasteiger charge is 2.21. The van der Waals surface area contributed by atoms with E-state index in [0.29, 0.717) is 23.9 Å². The fourth-order valence-corrected chi connectivity index (χ4v) is 6.06. The fraction of sp³-hybridized carbons (Fsp3) is 0.897. The Hall–Kier alpha value is -1.25. The van der Waals surface area contributed by atoms with Crippen molar-refractivity contribution >= 4 is 19.8 Å². The molecule has 2 unspecified atom stereocenters. The summed E-state index contributed by atoms with van der Waals surface area (Å²) in [5.74, 6) is -0.872. The van der Waals surface area contributed by atoms with Gasteiger partial charge in [-0.2, -0.15) is 0 Å². The normalized spacial score (nSPS) is 13.8. The lowest BCUT2D eigenvalue weighted by Gasteiger charge is -2.28. The molecule has 0 rings (SSSR count). The molecule has 0 heterocycles. The zero-order chi connectivity index (χ0) is 36.5. The average Bonchev–Trinajstić information content (AvgIpc) is 3.04. The van der Waals surface area contributed by atoms with Crippen LogP contribution in [0.1, 0.15) is 174 Å². The van der Waals surface area contributed by atoms with E-state index in [-0.39, 0.29) is 26.1 Å². The lowest BCUT2D eigenvalue weighted by Crippen LogP contribution is -2.37. The number of phosphoric acid groups is 1. The molecule has 0 aliphatic heterocycles. The minimum Gasteiger partial charge on any atom is -0.756 e. The van der Waals surface area contributed by atoms with Gasteiger partial charge in [-0.15, -0.1) is 0 Å². The summed E-state index contributed by atoms with van der Waals surface area (Å²) in [5.41, 5.74) is 0. The summed E-state index contributed by atoms with van der Waals surface area (Å²) in [4.78, 5) is 36.7. The van der Waals surface area contributed by atoms with Crippen molar-refractivity contribution in [1.29, 1.82) is 0 Å². The SMILES string of the molecule is CCCCCCCCCC/C=C\CCCCCCCCCCCCCC(=O)OC(COC(=O)CCCC)COP(=O)([O-])OCC[N+](C)(C)C. The molecule has 0 aromatic heterocycles. The summed E-state index contributed by atoms with van der Waals surface area (Å²) < 4.78 is 33.3. The smallest absolute Gasteiger partial charge is 0.306 e. The number of unbranched alkanes of at least 4 members (excludes halogenated alkanes) is 20. The summed E-state index contributed by atoms with van der Waals surface area (Å²) in [5, 5.41) is 0. The summed E-state index contributed by atoms with van der Waals surface area (Å²) in [7, 11) is 1.17. The van der Waals surface area contributed by atoms with Crippen molar-refractivity contribution < 1.29 is 42.1 Å². The van der Waals surface area contributed by atoms with Gasteiger partial charge in [-0.05, 0) is 38.5 Å². The van der Waals surface area contributed by atoms with Gasteiger partial charge in [-0.25, -0.2) is 0 Å². The Bertz CT molecular complexity index is 860. The second-order valence-electron chi connectivity index (χ2n) is 14.7. The molecule has 2 atom stereocenters. The number of hydrogen-bond acceptors (Lipinski definition) is 8. The fourth-order valence-electron chi connectivity index (χ4n) is 5.33. The van der Waals surface area contributed by atoms with Crippen LogP contribution in [0.4, 0.5) is 0 Å². The molecule has 0 spiro atoms. The van der Waals surface area contributed by atoms with E-state index in [4.69, 9.17) is 18.5 Å². The highest BCUT2D eigenvalue weighted by Crippen LogP contribution is 2.38. The number of carbonyl (C=O) groups is 2. The molecule has 0 saturated carbocycles. The Kier molecular flexibility index (Phi) is 31.8. The molecule has 0 bridgehead atoms. The first kappa shape index (κ1) is 47.8. The van der Waals surface area contributed by atoms with Gasteiger partial charge in [-0.1, -0.05) is 135 Å². The second-order valence-corrected chi connectivity index (χ2v) is 16.1. The number of ether oxygens (including phenoxy) is 2. The van der Waals surface area contributed by atoms with E-state index in [1.54, 1.807) is 0 Å². The van der Waals surface area contributed by atoms with Crippen LogP contribution in [0, 0.1) is 0 Å². The van der Waals surface area contributed by atoms with Crippen LogP contribution < -0.4 is 4.89 Å². The molecule has 10 heteroatoms. The standard InChI is InChI=1S/C39H76NO8P/c1-6-8-10-11-12-13-14-15-16-17-18-19-20-21-22-23-24-25-26-27-28-29-30-32-39(42)48-37(35-45-38(41)31-9-7-2)36-47-49(43,44)46-34-33-40(3,4)5/h17-18,37H,6-16,19-36H2,1-5H3/b18-17-. The van der Waals surface area contributed by atoms with E-state index in [0.717, 1.165) is 25.7 Å². The predicted octanol–water partition coefficient (Wildman–Crippen LogP) is 10.00. The number of quaternary nitrogens is 1. The van der Waals surface area contributed by atoms with Crippen LogP contribution in [-0.2, 0) is 32.7 Å². The summed E-state index contributed by atoms with van der Waals surface area (Å²) in [6, 6.07) is 0. The molecular formula is C39H76NO8P. The summed E-state index contributed by atoms with van der Waals surface area (Å²) in [6.45, 7) is 3.96. The van der Waals surface area contributed by atoms with E-state index in [2.05, 4.69) is 19.1 Å². The van der Waals surface area contributed by atoms with Crippen molar-refractivity contribution in [2.45, 2.75) is 180 Å². The van der Waals surface area contributed by atoms with Gasteiger partial charge < -0.3 is 27.9 Å². The molecule has 290 valence electrons. The number of hydrogen-bond donors (Lipinski definition) is 0. The molecular weight excluding hydrogens is 641 g/mol. The Morgan fingerprint density at radius 1 is 0.612 bits per heavy atom. The van der Waals surface area contributed by atoms with Crippen LogP contribution in [-0.4, -0.2) is 70.0 Å². The third kappa shape index (κ3) is 36.3. The molecule has 0 aromatic carbocycles. The van der Waals surface area contributed by atoms with Gasteiger partial charge in [-0.3, -0.25) is 14.2 Å². The topological polar surface area (TPSA) is 111 Å². The molecule has 0 aliphatic carbocycles. The van der Waals surface area contributed by atoms with Gasteiger partial charge in [0.25, 0.3) is 7.82 Å². The van der Waals surface area contributed by atoms with Crippen LogP contribution in [0.5, 0.6) is 0 Å². The molecule has 0 aromatic rings. The summed E-state index contributed by atoms with van der Waals surface area (Å²) in [6.07, 6.45) is 32.3. The van der Waals surface area contributed by atoms with Crippen LogP contribution >= 0.6 is 7.82 Å². The molecule has 0 radical (unpaired) electrons. The summed E-state index contributed by atoms with van der Waals surface area (Å²) >= 11 is 0. The first-order valence-electron chi connectivity index (χ1n) is 19.9. The highest BCUT2D eigenvalue weighted by molar-refractivity contribution is 7.45. The van der Waals surface area contributed by atoms with Crippen LogP contribution in [0.25, 0.3) is 0 Å². The Balaban J connectivity index is 3.96. The maximum absolute atomic E-state index is 12.5. The predicted molar refractivity (Wildman–Crippen MR) is 199 cm³/mol. The zero-order valence-electron chi connectivity index (χ0n) is 32.4. The average molecular weight is 718 g/mol. The quantitative estimate of drug-likeness (QED) is 0.0207. The second kappa shape index (κ2) is 32.6. The maximum Gasteiger partial charge on any atom is 0.306 e. The lowest BCUT2D eigenvalue weighted by atomic mass is 10.0. The van der Waals surface area contributed by atoms with Crippen LogP contribution in [0.15, 0.2) is 12.2 Å². The first-order chi connectivity index (χ1) is 23.5. The Labute approximate surface area is 301 Å². The monoisotopic (exact) mass is 718 g/mol. The van der Waals surface area contributed by atoms with Gasteiger partial charge in [0.2, 0.25) is 0 Å². The molecule has 49 heavy (non-hydrogen) atoms. The lowest BCUT2D eigenvalue weighted by molar-refractivity contribution is -0.870. The maximum atomic E-state index is 12.5. The number of phosphoric ester groups is 1. The molecule has 0 amide bonds. The molecule has 0 fully saturated rings. The largest absolute Gasteiger partial charge is 0.756 e. The van der Waals surface area contributed by atoms with Gasteiger partial charge in [0.1, 0.15) is 19.8 Å². The number of rotatable bonds is 36. The zero-order valence-corrected chi connectivity index (χ0v) is 33.3. The third-order valence-electron chi connectivity index (χ3n) is 8.54. The minimum atomic E-state index is -4.60. The number of nitrogens with zero attached hydrogens (tertiary/aromatic N) is 1. The third-order valence-corrected chi connectivity index (χ3v) is 9.50. The number of esters is 2. The van der Waals surface area contributed by atoms with Crippen molar-refractivity contribution in [3.63, 3.8) is 0 Å². The van der Waals surface area contributed by atoms with E-state index < -0.39 is 32.5 Å². The number of allylic oxidation sites excluding steroid dienone is 2. The number of carbonyl (C=O) groups excluding carboxylic acids is 2. The van der Waals surface area contributed by atoms with Gasteiger partial charge in [0, 0.05) is 12.8 Å². The molecule has 0 saturated heterocycles. The van der Waals surface area contributed by atoms with Gasteiger partial charge >= 0.3 is 11.9 Å². The number of likely N-dealkylation sites (N-methyl/N-ethyl adjacent to an activating group) is 1. The van der Waals surface area contributed by atoms with Crippen molar-refractivity contribution in [3.8, 4) is 0 Å². The van der Waals surface area contributed by atoms with Crippen LogP contribution in [0.3, 0.4) is 0 Å². The van der Waals surface area contributed by atoms with Gasteiger partial charge in [0.15, 0.2) is 6.10 Å². The minimum absolute atomic E-state index is 0.0295. The van der Waals surface area contributed by atoms with Crippen molar-refractivity contribution in [2.24, 2.45) is 0 Å². The van der Waals surface area contributed by atoms with Gasteiger partial charge in [0.05, 0.1) is 27.7 Å². The molecule has 0 aliphatic rings. The van der Waals surface area contributed by atoms with E-state index in [9.17, 15) is 19.0 Å². The van der Waals surface area contributed by atoms with E-state index in [1.165, 1.54) is 109 Å². The Morgan fingerprint density at radius 2 is 1.06 bits per heavy atom. The Morgan fingerprint density at radius 3 is 1.55 bits per heavy atom. The van der Waals surface area contributed by atoms with Crippen molar-refractivity contribution in [2.75, 3.05) is 47.5 Å². The van der Waals surface area contributed by atoms with E-state index >= 15 is 0 Å². The van der Waals surface area contributed by atoms with Crippen molar-refractivity contribution in [3.05, 3.63) is 12.2 Å². The van der Waals surface area contributed by atoms with Crippen molar-refractivity contribution in [1.82, 2.24) is 0 Å².